The van der Waals surface area contributed by atoms with Gasteiger partial charge in [0.1, 0.15) is 0 Å². The Hall–Kier alpha value is -4.12. The summed E-state index contributed by atoms with van der Waals surface area (Å²) in [5.41, 5.74) is 6.21. The summed E-state index contributed by atoms with van der Waals surface area (Å²) in [5, 5.41) is 17.9. The molecule has 35 heavy (non-hydrogen) atoms. The van der Waals surface area contributed by atoms with E-state index in [0.717, 1.165) is 38.8 Å². The first-order chi connectivity index (χ1) is 16.8. The van der Waals surface area contributed by atoms with E-state index >= 15 is 0 Å². The largest absolute Gasteiger partial charge is 0.481 e. The molecule has 0 saturated carbocycles. The molecule has 0 unspecified atom stereocenters. The third-order valence-electron chi connectivity index (χ3n) is 6.09. The van der Waals surface area contributed by atoms with Gasteiger partial charge in [0, 0.05) is 23.4 Å². The first-order valence-electron chi connectivity index (χ1n) is 11.8. The molecule has 1 amide bonds. The normalized spacial score (nSPS) is 11.7. The molecule has 0 aromatic heterocycles. The number of rotatable bonds is 8. The zero-order valence-corrected chi connectivity index (χ0v) is 20.3. The Kier molecular flexibility index (Phi) is 7.16. The number of fused-ring (bicyclic) bond motifs is 1. The number of nitrogens with one attached hydrogen (secondary N) is 2. The molecule has 0 spiro atoms. The van der Waals surface area contributed by atoms with Gasteiger partial charge in [0.15, 0.2) is 0 Å². The van der Waals surface area contributed by atoms with Crippen molar-refractivity contribution >= 4 is 34.0 Å². The summed E-state index contributed by atoms with van der Waals surface area (Å²) in [5.74, 6) is -1.12. The highest BCUT2D eigenvalue weighted by molar-refractivity contribution is 5.97. The minimum absolute atomic E-state index is 0.0373. The monoisotopic (exact) mass is 466 g/mol. The van der Waals surface area contributed by atoms with E-state index < -0.39 is 5.97 Å². The number of hydrogen-bond donors (Lipinski definition) is 3. The Morgan fingerprint density at radius 2 is 1.54 bits per heavy atom. The first kappa shape index (κ1) is 24.0. The number of carbonyl (C=O) groups is 2. The maximum atomic E-state index is 13.4. The van der Waals surface area contributed by atoms with Crippen LogP contribution in [-0.4, -0.2) is 17.0 Å². The van der Waals surface area contributed by atoms with Crippen molar-refractivity contribution < 1.29 is 14.7 Å². The van der Waals surface area contributed by atoms with Gasteiger partial charge in [-0.05, 0) is 90.6 Å². The lowest BCUT2D eigenvalue weighted by molar-refractivity contribution is -0.136. The number of amides is 1. The summed E-state index contributed by atoms with van der Waals surface area (Å²) in [7, 11) is 0. The molecule has 0 aliphatic rings. The third-order valence-corrected chi connectivity index (χ3v) is 6.09. The second kappa shape index (κ2) is 10.4. The van der Waals surface area contributed by atoms with Gasteiger partial charge < -0.3 is 15.7 Å². The molecule has 4 rings (SSSR count). The standard InChI is InChI=1S/C30H30N2O3/c1-19-14-20(2)16-27(15-19)32-26-12-10-23(11-13-29(33)34)28(18-26)30(35)31-21(3)24-9-8-22-6-4-5-7-25(22)17-24/h4-10,12,14-18,21,32H,11,13H2,1-3H3,(H,31,35)(H,33,34)/t21-/m1/s1. The molecule has 0 aliphatic heterocycles. The number of carbonyl (C=O) groups excluding carboxylic acids is 1. The van der Waals surface area contributed by atoms with Gasteiger partial charge in [0.05, 0.1) is 6.04 Å². The molecule has 4 aromatic rings. The molecule has 178 valence electrons. The summed E-state index contributed by atoms with van der Waals surface area (Å²) in [6, 6.07) is 25.8. The first-order valence-corrected chi connectivity index (χ1v) is 11.8. The highest BCUT2D eigenvalue weighted by atomic mass is 16.4. The molecule has 0 aliphatic carbocycles. The van der Waals surface area contributed by atoms with Crippen LogP contribution in [0.15, 0.2) is 78.9 Å². The highest BCUT2D eigenvalue weighted by Gasteiger charge is 2.17. The van der Waals surface area contributed by atoms with E-state index in [4.69, 9.17) is 0 Å². The Labute approximate surface area is 205 Å². The van der Waals surface area contributed by atoms with E-state index in [1.807, 2.05) is 63.2 Å². The van der Waals surface area contributed by atoms with E-state index in [9.17, 15) is 14.7 Å². The average molecular weight is 467 g/mol. The molecule has 4 aromatic carbocycles. The number of aliphatic carboxylic acids is 1. The molecule has 0 heterocycles. The van der Waals surface area contributed by atoms with Crippen molar-refractivity contribution in [2.75, 3.05) is 5.32 Å². The molecule has 0 bridgehead atoms. The Bertz CT molecular complexity index is 1370. The molecule has 0 fully saturated rings. The van der Waals surface area contributed by atoms with E-state index in [1.54, 1.807) is 6.07 Å². The molecular weight excluding hydrogens is 436 g/mol. The van der Waals surface area contributed by atoms with Gasteiger partial charge in [-0.15, -0.1) is 0 Å². The van der Waals surface area contributed by atoms with Crippen LogP contribution in [0.4, 0.5) is 11.4 Å². The zero-order valence-electron chi connectivity index (χ0n) is 20.3. The van der Waals surface area contributed by atoms with Crippen LogP contribution in [-0.2, 0) is 11.2 Å². The molecule has 1 atom stereocenters. The van der Waals surface area contributed by atoms with Gasteiger partial charge in [-0.25, -0.2) is 0 Å². The molecule has 3 N–H and O–H groups in total. The molecule has 0 saturated heterocycles. The van der Waals surface area contributed by atoms with Crippen LogP contribution in [0.2, 0.25) is 0 Å². The SMILES string of the molecule is Cc1cc(C)cc(Nc2ccc(CCC(=O)O)c(C(=O)N[C@H](C)c3ccc4ccccc4c3)c2)c1. The van der Waals surface area contributed by atoms with E-state index in [0.29, 0.717) is 11.1 Å². The number of aryl methyl sites for hydroxylation is 3. The number of benzene rings is 4. The van der Waals surface area contributed by atoms with Crippen LogP contribution in [0, 0.1) is 13.8 Å². The Balaban J connectivity index is 1.60. The summed E-state index contributed by atoms with van der Waals surface area (Å²) in [6.07, 6.45) is 0.247. The van der Waals surface area contributed by atoms with Crippen molar-refractivity contribution in [2.45, 2.75) is 39.7 Å². The van der Waals surface area contributed by atoms with Crippen molar-refractivity contribution in [2.24, 2.45) is 0 Å². The van der Waals surface area contributed by atoms with E-state index in [1.165, 1.54) is 0 Å². The van der Waals surface area contributed by atoms with E-state index in [2.05, 4.69) is 41.0 Å². The minimum atomic E-state index is -0.890. The predicted molar refractivity (Wildman–Crippen MR) is 141 cm³/mol. The number of carboxylic acids is 1. The summed E-state index contributed by atoms with van der Waals surface area (Å²) in [4.78, 5) is 24.6. The lowest BCUT2D eigenvalue weighted by Crippen LogP contribution is -2.27. The fourth-order valence-corrected chi connectivity index (χ4v) is 4.37. The molecule has 0 radical (unpaired) electrons. The quantitative estimate of drug-likeness (QED) is 0.270. The number of anilines is 2. The molecular formula is C30H30N2O3. The van der Waals surface area contributed by atoms with E-state index in [-0.39, 0.29) is 24.8 Å². The van der Waals surface area contributed by atoms with Gasteiger partial charge in [0.25, 0.3) is 5.91 Å². The molecule has 5 heteroatoms. The van der Waals surface area contributed by atoms with Crippen LogP contribution in [0.25, 0.3) is 10.8 Å². The van der Waals surface area contributed by atoms with Crippen LogP contribution in [0.5, 0.6) is 0 Å². The van der Waals surface area contributed by atoms with Crippen LogP contribution < -0.4 is 10.6 Å². The van der Waals surface area contributed by atoms with Crippen LogP contribution >= 0.6 is 0 Å². The maximum absolute atomic E-state index is 13.4. The Morgan fingerprint density at radius 3 is 2.26 bits per heavy atom. The summed E-state index contributed by atoms with van der Waals surface area (Å²) in [6.45, 7) is 6.04. The predicted octanol–water partition coefficient (Wildman–Crippen LogP) is 6.71. The van der Waals surface area contributed by atoms with Crippen molar-refractivity contribution in [3.8, 4) is 0 Å². The number of hydrogen-bond acceptors (Lipinski definition) is 3. The van der Waals surface area contributed by atoms with Gasteiger partial charge in [-0.2, -0.15) is 0 Å². The second-order valence-electron chi connectivity index (χ2n) is 9.07. The second-order valence-corrected chi connectivity index (χ2v) is 9.07. The van der Waals surface area contributed by atoms with Crippen molar-refractivity contribution in [1.29, 1.82) is 0 Å². The summed E-state index contributed by atoms with van der Waals surface area (Å²) < 4.78 is 0. The lowest BCUT2D eigenvalue weighted by Gasteiger charge is -2.18. The fourth-order valence-electron chi connectivity index (χ4n) is 4.37. The maximum Gasteiger partial charge on any atom is 0.303 e. The number of carboxylic acid groups (broad SMARTS) is 1. The topological polar surface area (TPSA) is 78.4 Å². The van der Waals surface area contributed by atoms with Gasteiger partial charge in [-0.3, -0.25) is 9.59 Å². The third kappa shape index (κ3) is 6.07. The lowest BCUT2D eigenvalue weighted by atomic mass is 9.99. The molecule has 5 nitrogen and oxygen atoms in total. The average Bonchev–Trinajstić information content (AvgIpc) is 2.82. The van der Waals surface area contributed by atoms with Gasteiger partial charge in [0.2, 0.25) is 0 Å². The van der Waals surface area contributed by atoms with Crippen LogP contribution in [0.1, 0.15) is 52.0 Å². The van der Waals surface area contributed by atoms with Crippen molar-refractivity contribution in [3.05, 3.63) is 107 Å². The van der Waals surface area contributed by atoms with Gasteiger partial charge >= 0.3 is 5.97 Å². The highest BCUT2D eigenvalue weighted by Crippen LogP contribution is 2.25. The van der Waals surface area contributed by atoms with Crippen molar-refractivity contribution in [3.63, 3.8) is 0 Å². The summed E-state index contributed by atoms with van der Waals surface area (Å²) >= 11 is 0. The zero-order chi connectivity index (χ0) is 24.9. The Morgan fingerprint density at radius 1 is 0.829 bits per heavy atom. The smallest absolute Gasteiger partial charge is 0.303 e. The fraction of sp³-hybridized carbons (Fsp3) is 0.200. The van der Waals surface area contributed by atoms with Crippen molar-refractivity contribution in [1.82, 2.24) is 5.32 Å². The minimum Gasteiger partial charge on any atom is -0.481 e. The van der Waals surface area contributed by atoms with Gasteiger partial charge in [-0.1, -0.05) is 48.5 Å². The van der Waals surface area contributed by atoms with Crippen LogP contribution in [0.3, 0.4) is 0 Å².